The van der Waals surface area contributed by atoms with E-state index in [9.17, 15) is 22.4 Å². The van der Waals surface area contributed by atoms with Crippen LogP contribution in [0.1, 0.15) is 30.5 Å². The van der Waals surface area contributed by atoms with Gasteiger partial charge in [-0.1, -0.05) is 85.6 Å². The molecule has 0 aromatic heterocycles. The molecule has 0 aliphatic carbocycles. The predicted molar refractivity (Wildman–Crippen MR) is 176 cm³/mol. The van der Waals surface area contributed by atoms with Crippen LogP contribution in [0.2, 0.25) is 5.02 Å². The van der Waals surface area contributed by atoms with Crippen LogP contribution in [0.4, 0.5) is 10.1 Å². The molecule has 0 aliphatic rings. The van der Waals surface area contributed by atoms with Crippen molar-refractivity contribution in [3.63, 3.8) is 0 Å². The smallest absolute Gasteiger partial charge is 0.264 e. The summed E-state index contributed by atoms with van der Waals surface area (Å²) in [4.78, 5) is 29.5. The van der Waals surface area contributed by atoms with E-state index in [4.69, 9.17) is 11.6 Å². The molecule has 0 spiro atoms. The first-order chi connectivity index (χ1) is 21.4. The quantitative estimate of drug-likeness (QED) is 0.182. The maximum absolute atomic E-state index is 14.4. The van der Waals surface area contributed by atoms with Crippen LogP contribution in [0, 0.1) is 18.7 Å². The number of rotatable bonds is 13. The molecule has 7 nitrogen and oxygen atoms in total. The van der Waals surface area contributed by atoms with Gasteiger partial charge in [-0.2, -0.15) is 0 Å². The number of hydrogen-bond donors (Lipinski definition) is 1. The van der Waals surface area contributed by atoms with Crippen LogP contribution in [-0.2, 0) is 32.6 Å². The summed E-state index contributed by atoms with van der Waals surface area (Å²) in [6.45, 7) is 5.65. The summed E-state index contributed by atoms with van der Waals surface area (Å²) in [5.41, 5.74) is 2.71. The number of nitrogens with zero attached hydrogens (tertiary/aromatic N) is 2. The van der Waals surface area contributed by atoms with Gasteiger partial charge < -0.3 is 10.2 Å². The summed E-state index contributed by atoms with van der Waals surface area (Å²) in [7, 11) is -4.32. The third-order valence-corrected chi connectivity index (χ3v) is 9.26. The van der Waals surface area contributed by atoms with Crippen molar-refractivity contribution >= 4 is 39.1 Å². The first-order valence-electron chi connectivity index (χ1n) is 14.6. The van der Waals surface area contributed by atoms with Crippen molar-refractivity contribution in [2.24, 2.45) is 5.92 Å². The topological polar surface area (TPSA) is 86.8 Å². The van der Waals surface area contributed by atoms with Crippen molar-refractivity contribution in [1.82, 2.24) is 10.2 Å². The number of halogens is 2. The van der Waals surface area contributed by atoms with E-state index >= 15 is 0 Å². The first kappa shape index (κ1) is 33.7. The molecule has 45 heavy (non-hydrogen) atoms. The summed E-state index contributed by atoms with van der Waals surface area (Å²) in [5.74, 6) is -1.35. The highest BCUT2D eigenvalue weighted by atomic mass is 35.5. The average molecular weight is 650 g/mol. The van der Waals surface area contributed by atoms with Gasteiger partial charge in [0, 0.05) is 24.5 Å². The van der Waals surface area contributed by atoms with Crippen LogP contribution in [0.25, 0.3) is 0 Å². The minimum absolute atomic E-state index is 0.0287. The molecule has 0 saturated heterocycles. The van der Waals surface area contributed by atoms with Gasteiger partial charge in [-0.15, -0.1) is 0 Å². The van der Waals surface area contributed by atoms with Crippen LogP contribution in [0.15, 0.2) is 108 Å². The fourth-order valence-corrected chi connectivity index (χ4v) is 6.28. The number of nitrogens with one attached hydrogen (secondary N) is 1. The maximum Gasteiger partial charge on any atom is 0.264 e. The van der Waals surface area contributed by atoms with Crippen molar-refractivity contribution in [2.45, 2.75) is 44.7 Å². The molecule has 10 heteroatoms. The highest BCUT2D eigenvalue weighted by Gasteiger charge is 2.34. The molecule has 0 fully saturated rings. The minimum Gasteiger partial charge on any atom is -0.354 e. The van der Waals surface area contributed by atoms with E-state index in [1.54, 1.807) is 48.5 Å². The molecule has 0 radical (unpaired) electrons. The number of benzene rings is 4. The van der Waals surface area contributed by atoms with Gasteiger partial charge in [-0.3, -0.25) is 13.9 Å². The number of carbonyl (C=O) groups is 2. The number of amides is 2. The molecule has 0 bridgehead atoms. The van der Waals surface area contributed by atoms with Gasteiger partial charge >= 0.3 is 0 Å². The monoisotopic (exact) mass is 649 g/mol. The van der Waals surface area contributed by atoms with E-state index in [-0.39, 0.29) is 35.4 Å². The van der Waals surface area contributed by atoms with Gasteiger partial charge in [0.05, 0.1) is 10.6 Å². The molecule has 1 atom stereocenters. The van der Waals surface area contributed by atoms with Gasteiger partial charge in [-0.25, -0.2) is 12.8 Å². The molecule has 0 heterocycles. The Hall–Kier alpha value is -4.21. The second kappa shape index (κ2) is 15.2. The fourth-order valence-electron chi connectivity index (χ4n) is 4.74. The fraction of sp³-hybridized carbons (Fsp3) is 0.257. The lowest BCUT2D eigenvalue weighted by Crippen LogP contribution is -2.53. The third-order valence-electron chi connectivity index (χ3n) is 7.22. The Balaban J connectivity index is 1.79. The summed E-state index contributed by atoms with van der Waals surface area (Å²) < 4.78 is 42.7. The summed E-state index contributed by atoms with van der Waals surface area (Å²) in [6.07, 6.45) is 0.208. The van der Waals surface area contributed by atoms with E-state index in [1.807, 2.05) is 51.1 Å². The van der Waals surface area contributed by atoms with Gasteiger partial charge in [0.1, 0.15) is 18.4 Å². The molecule has 0 saturated carbocycles. The molecular formula is C35H37ClFN3O4S. The molecule has 1 N–H and O–H groups in total. The zero-order valence-corrected chi connectivity index (χ0v) is 27.1. The molecule has 2 amide bonds. The Bertz CT molecular complexity index is 1680. The van der Waals surface area contributed by atoms with Gasteiger partial charge in [0.2, 0.25) is 11.8 Å². The van der Waals surface area contributed by atoms with Crippen LogP contribution >= 0.6 is 11.6 Å². The van der Waals surface area contributed by atoms with Crippen molar-refractivity contribution in [2.75, 3.05) is 17.4 Å². The molecule has 0 aliphatic heterocycles. The third kappa shape index (κ3) is 9.15. The van der Waals surface area contributed by atoms with Gasteiger partial charge in [0.15, 0.2) is 0 Å². The van der Waals surface area contributed by atoms with Gasteiger partial charge in [0.25, 0.3) is 10.0 Å². The zero-order valence-electron chi connectivity index (χ0n) is 25.5. The van der Waals surface area contributed by atoms with E-state index in [2.05, 4.69) is 5.32 Å². The number of sulfonamides is 1. The summed E-state index contributed by atoms with van der Waals surface area (Å²) in [5, 5.41) is 3.48. The lowest BCUT2D eigenvalue weighted by molar-refractivity contribution is -0.140. The number of carbonyl (C=O) groups excluding carboxylic acids is 2. The second-order valence-electron chi connectivity index (χ2n) is 11.3. The molecule has 236 valence electrons. The predicted octanol–water partition coefficient (Wildman–Crippen LogP) is 6.40. The van der Waals surface area contributed by atoms with E-state index in [0.717, 1.165) is 27.6 Å². The summed E-state index contributed by atoms with van der Waals surface area (Å²) in [6, 6.07) is 26.5. The van der Waals surface area contributed by atoms with E-state index in [1.165, 1.54) is 17.0 Å². The van der Waals surface area contributed by atoms with E-state index in [0.29, 0.717) is 17.1 Å². The van der Waals surface area contributed by atoms with Crippen LogP contribution in [0.5, 0.6) is 0 Å². The first-order valence-corrected chi connectivity index (χ1v) is 16.5. The standard InChI is InChI=1S/C35H37ClFN3O4S/c1-25(2)22-38-35(42)33(21-27-7-5-4-6-8-27)39(23-28-11-13-29(36)14-12-28)34(41)24-40(31-17-9-26(3)10-18-31)45(43,44)32-19-15-30(37)16-20-32/h4-20,25,33H,21-24H2,1-3H3,(H,38,42)/t33-/m0/s1. The van der Waals surface area contributed by atoms with Crippen LogP contribution < -0.4 is 9.62 Å². The molecule has 4 aromatic carbocycles. The largest absolute Gasteiger partial charge is 0.354 e. The minimum atomic E-state index is -4.32. The highest BCUT2D eigenvalue weighted by molar-refractivity contribution is 7.92. The van der Waals surface area contributed by atoms with Crippen molar-refractivity contribution in [3.8, 4) is 0 Å². The zero-order chi connectivity index (χ0) is 32.6. The normalized spacial score (nSPS) is 12.0. The van der Waals surface area contributed by atoms with Crippen molar-refractivity contribution in [1.29, 1.82) is 0 Å². The Kier molecular flexibility index (Phi) is 11.4. The number of hydrogen-bond acceptors (Lipinski definition) is 4. The number of anilines is 1. The van der Waals surface area contributed by atoms with Crippen LogP contribution in [-0.4, -0.2) is 44.3 Å². The van der Waals surface area contributed by atoms with Gasteiger partial charge in [-0.05, 0) is 72.5 Å². The molecule has 0 unspecified atom stereocenters. The van der Waals surface area contributed by atoms with Crippen molar-refractivity contribution < 1.29 is 22.4 Å². The number of aryl methyl sites for hydroxylation is 1. The lowest BCUT2D eigenvalue weighted by Gasteiger charge is -2.34. The average Bonchev–Trinajstić information content (AvgIpc) is 3.02. The molecular weight excluding hydrogens is 613 g/mol. The molecule has 4 aromatic rings. The Morgan fingerprint density at radius 3 is 2.07 bits per heavy atom. The highest BCUT2D eigenvalue weighted by Crippen LogP contribution is 2.26. The van der Waals surface area contributed by atoms with E-state index < -0.39 is 34.3 Å². The second-order valence-corrected chi connectivity index (χ2v) is 13.6. The SMILES string of the molecule is Cc1ccc(N(CC(=O)N(Cc2ccc(Cl)cc2)[C@@H](Cc2ccccc2)C(=O)NCC(C)C)S(=O)(=O)c2ccc(F)cc2)cc1. The Morgan fingerprint density at radius 2 is 1.47 bits per heavy atom. The Morgan fingerprint density at radius 1 is 0.844 bits per heavy atom. The lowest BCUT2D eigenvalue weighted by atomic mass is 10.0. The maximum atomic E-state index is 14.4. The summed E-state index contributed by atoms with van der Waals surface area (Å²) >= 11 is 6.13. The Labute approximate surface area is 269 Å². The van der Waals surface area contributed by atoms with Crippen molar-refractivity contribution in [3.05, 3.63) is 131 Å². The molecule has 4 rings (SSSR count). The van der Waals surface area contributed by atoms with Crippen LogP contribution in [0.3, 0.4) is 0 Å².